The van der Waals surface area contributed by atoms with Gasteiger partial charge >= 0.3 is 0 Å². The molecule has 1 aromatic carbocycles. The van der Waals surface area contributed by atoms with Crippen molar-refractivity contribution in [3.05, 3.63) is 46.5 Å². The van der Waals surface area contributed by atoms with E-state index in [2.05, 4.69) is 58.9 Å². The molecule has 28 heavy (non-hydrogen) atoms. The van der Waals surface area contributed by atoms with E-state index in [-0.39, 0.29) is 7.43 Å². The van der Waals surface area contributed by atoms with E-state index in [1.54, 1.807) is 16.7 Å². The van der Waals surface area contributed by atoms with Gasteiger partial charge in [-0.2, -0.15) is 0 Å². The minimum atomic E-state index is 0. The molecule has 2 aliphatic carbocycles. The Morgan fingerprint density at radius 2 is 1.46 bits per heavy atom. The topological polar surface area (TPSA) is 0 Å². The molecule has 2 aliphatic rings. The van der Waals surface area contributed by atoms with Crippen molar-refractivity contribution < 1.29 is 0 Å². The third kappa shape index (κ3) is 7.41. The van der Waals surface area contributed by atoms with Gasteiger partial charge in [-0.25, -0.2) is 0 Å². The Kier molecular flexibility index (Phi) is 11.8. The van der Waals surface area contributed by atoms with E-state index in [1.165, 1.54) is 76.2 Å². The second-order valence-corrected chi connectivity index (χ2v) is 9.17. The van der Waals surface area contributed by atoms with Crippen LogP contribution >= 0.6 is 0 Å². The Labute approximate surface area is 177 Å². The van der Waals surface area contributed by atoms with Crippen LogP contribution in [0.4, 0.5) is 0 Å². The SMILES string of the molecule is C.CCC.CCC1CCC(c2ccc(CCCC3=C(C)CCC3C)cc2)CC1. The molecule has 1 aromatic rings. The summed E-state index contributed by atoms with van der Waals surface area (Å²) < 4.78 is 0. The first-order chi connectivity index (χ1) is 13.1. The monoisotopic (exact) mass is 384 g/mol. The van der Waals surface area contributed by atoms with E-state index in [9.17, 15) is 0 Å². The zero-order valence-corrected chi connectivity index (χ0v) is 18.8. The quantitative estimate of drug-likeness (QED) is 0.428. The maximum atomic E-state index is 2.43. The van der Waals surface area contributed by atoms with Gasteiger partial charge < -0.3 is 0 Å². The molecular weight excluding hydrogens is 336 g/mol. The summed E-state index contributed by atoms with van der Waals surface area (Å²) in [5.41, 5.74) is 6.57. The Balaban J connectivity index is 0.000000921. The normalized spacial score (nSPS) is 24.4. The number of hydrogen-bond donors (Lipinski definition) is 0. The molecular formula is C28H48. The molecule has 0 bridgehead atoms. The fourth-order valence-corrected chi connectivity index (χ4v) is 4.99. The van der Waals surface area contributed by atoms with E-state index < -0.39 is 0 Å². The van der Waals surface area contributed by atoms with E-state index in [1.807, 2.05) is 0 Å². The van der Waals surface area contributed by atoms with Crippen molar-refractivity contribution in [2.45, 2.75) is 119 Å². The van der Waals surface area contributed by atoms with Crippen molar-refractivity contribution in [3.8, 4) is 0 Å². The minimum Gasteiger partial charge on any atom is -0.0776 e. The first kappa shape index (κ1) is 25.0. The lowest BCUT2D eigenvalue weighted by Crippen LogP contribution is -2.12. The highest BCUT2D eigenvalue weighted by atomic mass is 14.3. The van der Waals surface area contributed by atoms with E-state index >= 15 is 0 Å². The molecule has 0 spiro atoms. The molecule has 0 saturated heterocycles. The van der Waals surface area contributed by atoms with Gasteiger partial charge in [0, 0.05) is 0 Å². The van der Waals surface area contributed by atoms with Gasteiger partial charge in [-0.1, -0.05) is 83.4 Å². The van der Waals surface area contributed by atoms with Crippen LogP contribution in [0.3, 0.4) is 0 Å². The summed E-state index contributed by atoms with van der Waals surface area (Å²) in [6, 6.07) is 9.66. The van der Waals surface area contributed by atoms with Gasteiger partial charge in [-0.05, 0) is 93.6 Å². The zero-order valence-electron chi connectivity index (χ0n) is 18.8. The Morgan fingerprint density at radius 1 is 0.857 bits per heavy atom. The highest BCUT2D eigenvalue weighted by Crippen LogP contribution is 2.37. The zero-order chi connectivity index (χ0) is 19.6. The number of allylic oxidation sites excluding steroid dienone is 2. The van der Waals surface area contributed by atoms with Gasteiger partial charge in [0.15, 0.2) is 0 Å². The summed E-state index contributed by atoms with van der Waals surface area (Å²) in [6.07, 6.45) is 14.9. The molecule has 0 aliphatic heterocycles. The molecule has 0 nitrogen and oxygen atoms in total. The first-order valence-electron chi connectivity index (χ1n) is 11.9. The second kappa shape index (κ2) is 13.2. The van der Waals surface area contributed by atoms with Crippen molar-refractivity contribution in [1.29, 1.82) is 0 Å². The van der Waals surface area contributed by atoms with Crippen LogP contribution in [0, 0.1) is 11.8 Å². The van der Waals surface area contributed by atoms with E-state index in [4.69, 9.17) is 0 Å². The molecule has 0 N–H and O–H groups in total. The molecule has 1 atom stereocenters. The van der Waals surface area contributed by atoms with Crippen LogP contribution < -0.4 is 0 Å². The summed E-state index contributed by atoms with van der Waals surface area (Å²) in [5, 5.41) is 0. The van der Waals surface area contributed by atoms with E-state index in [0.717, 1.165) is 17.8 Å². The Bertz CT molecular complexity index is 554. The van der Waals surface area contributed by atoms with Gasteiger partial charge in [-0.15, -0.1) is 0 Å². The maximum absolute atomic E-state index is 2.43. The standard InChI is InChI=1S/C24H36.C3H8.CH4/c1-4-20-10-14-22(15-11-20)23-16-12-21(13-17-23)6-5-7-24-18(2)8-9-19(24)3;1-3-2;/h12-13,16-18,20,22H,4-11,14-15H2,1-3H3;3H2,1-2H3;1H4. The molecule has 1 unspecified atom stereocenters. The summed E-state index contributed by atoms with van der Waals surface area (Å²) >= 11 is 0. The first-order valence-corrected chi connectivity index (χ1v) is 11.9. The largest absolute Gasteiger partial charge is 0.0776 e. The van der Waals surface area contributed by atoms with Gasteiger partial charge in [0.2, 0.25) is 0 Å². The van der Waals surface area contributed by atoms with Crippen LogP contribution in [-0.2, 0) is 6.42 Å². The fraction of sp³-hybridized carbons (Fsp3) is 0.714. The van der Waals surface area contributed by atoms with Gasteiger partial charge in [-0.3, -0.25) is 0 Å². The molecule has 0 heterocycles. The van der Waals surface area contributed by atoms with Crippen LogP contribution in [0.25, 0.3) is 0 Å². The van der Waals surface area contributed by atoms with Crippen LogP contribution in [-0.4, -0.2) is 0 Å². The minimum absolute atomic E-state index is 0. The molecule has 160 valence electrons. The average Bonchev–Trinajstić information content (AvgIpc) is 3.01. The highest BCUT2D eigenvalue weighted by molar-refractivity contribution is 5.26. The van der Waals surface area contributed by atoms with Crippen LogP contribution in [0.15, 0.2) is 35.4 Å². The van der Waals surface area contributed by atoms with Crippen LogP contribution in [0.5, 0.6) is 0 Å². The molecule has 0 heteroatoms. The van der Waals surface area contributed by atoms with Gasteiger partial charge in [0.1, 0.15) is 0 Å². The smallest absolute Gasteiger partial charge is 0.0162 e. The predicted molar refractivity (Wildman–Crippen MR) is 128 cm³/mol. The fourth-order valence-electron chi connectivity index (χ4n) is 4.99. The van der Waals surface area contributed by atoms with Crippen molar-refractivity contribution in [1.82, 2.24) is 0 Å². The second-order valence-electron chi connectivity index (χ2n) is 9.17. The maximum Gasteiger partial charge on any atom is -0.0162 e. The molecule has 0 aromatic heterocycles. The molecule has 0 radical (unpaired) electrons. The number of benzene rings is 1. The number of aryl methyl sites for hydroxylation is 1. The highest BCUT2D eigenvalue weighted by Gasteiger charge is 2.21. The van der Waals surface area contributed by atoms with Crippen LogP contribution in [0.1, 0.15) is 123 Å². The number of hydrogen-bond acceptors (Lipinski definition) is 0. The number of rotatable bonds is 6. The molecule has 3 rings (SSSR count). The summed E-state index contributed by atoms with van der Waals surface area (Å²) in [5.74, 6) is 2.66. The average molecular weight is 385 g/mol. The lowest BCUT2D eigenvalue weighted by molar-refractivity contribution is 0.319. The summed E-state index contributed by atoms with van der Waals surface area (Å²) in [4.78, 5) is 0. The lowest BCUT2D eigenvalue weighted by Gasteiger charge is -2.28. The molecule has 1 fully saturated rings. The molecule has 1 saturated carbocycles. The summed E-state index contributed by atoms with van der Waals surface area (Å²) in [7, 11) is 0. The lowest BCUT2D eigenvalue weighted by atomic mass is 9.78. The third-order valence-corrected chi connectivity index (χ3v) is 6.88. The summed E-state index contributed by atoms with van der Waals surface area (Å²) in [6.45, 7) is 11.4. The van der Waals surface area contributed by atoms with Gasteiger partial charge in [0.05, 0.1) is 0 Å². The van der Waals surface area contributed by atoms with Crippen molar-refractivity contribution >= 4 is 0 Å². The van der Waals surface area contributed by atoms with Gasteiger partial charge in [0.25, 0.3) is 0 Å². The Hall–Kier alpha value is -1.04. The van der Waals surface area contributed by atoms with E-state index in [0.29, 0.717) is 0 Å². The molecule has 0 amide bonds. The van der Waals surface area contributed by atoms with Crippen LogP contribution in [0.2, 0.25) is 0 Å². The van der Waals surface area contributed by atoms with Crippen molar-refractivity contribution in [2.24, 2.45) is 11.8 Å². The van der Waals surface area contributed by atoms with Crippen molar-refractivity contribution in [3.63, 3.8) is 0 Å². The van der Waals surface area contributed by atoms with Crippen molar-refractivity contribution in [2.75, 3.05) is 0 Å². The third-order valence-electron chi connectivity index (χ3n) is 6.88. The Morgan fingerprint density at radius 3 is 1.96 bits per heavy atom. The predicted octanol–water partition coefficient (Wildman–Crippen LogP) is 9.49.